The van der Waals surface area contributed by atoms with Gasteiger partial charge in [-0.25, -0.2) is 4.79 Å². The normalized spacial score (nSPS) is 11.3. The van der Waals surface area contributed by atoms with Crippen molar-refractivity contribution in [2.45, 2.75) is 26.8 Å². The van der Waals surface area contributed by atoms with Crippen molar-refractivity contribution in [1.29, 1.82) is 0 Å². The monoisotopic (exact) mass is 332 g/mol. The molecule has 0 aliphatic carbocycles. The molecule has 0 aliphatic heterocycles. The molecule has 0 saturated carbocycles. The molecule has 7 heteroatoms. The first-order chi connectivity index (χ1) is 11.3. The van der Waals surface area contributed by atoms with Gasteiger partial charge in [-0.15, -0.1) is 6.58 Å². The van der Waals surface area contributed by atoms with E-state index in [4.69, 9.17) is 0 Å². The fraction of sp³-hybridized carbons (Fsp3) is 0.353. The zero-order valence-corrected chi connectivity index (χ0v) is 14.2. The number of hydrogen-bond acceptors (Lipinski definition) is 3. The minimum Gasteiger partial charge on any atom is -0.344 e. The molecule has 0 heterocycles. The summed E-state index contributed by atoms with van der Waals surface area (Å²) >= 11 is 0. The molecule has 0 radical (unpaired) electrons. The molecule has 4 N–H and O–H groups in total. The zero-order chi connectivity index (χ0) is 18.1. The molecule has 1 unspecified atom stereocenters. The molecule has 1 atom stereocenters. The molecule has 1 aromatic carbocycles. The summed E-state index contributed by atoms with van der Waals surface area (Å²) in [6.45, 7) is 8.98. The molecule has 1 rings (SSSR count). The van der Waals surface area contributed by atoms with Crippen molar-refractivity contribution < 1.29 is 14.4 Å². The molecule has 0 spiro atoms. The third-order valence-electron chi connectivity index (χ3n) is 3.13. The van der Waals surface area contributed by atoms with Gasteiger partial charge in [-0.05, 0) is 30.2 Å². The fourth-order valence-corrected chi connectivity index (χ4v) is 1.95. The minimum atomic E-state index is -0.606. The number of urea groups is 1. The zero-order valence-electron chi connectivity index (χ0n) is 14.2. The Kier molecular flexibility index (Phi) is 7.48. The second-order valence-corrected chi connectivity index (χ2v) is 5.61. The maximum absolute atomic E-state index is 12.3. The first kappa shape index (κ1) is 19.2. The first-order valence-corrected chi connectivity index (χ1v) is 7.67. The van der Waals surface area contributed by atoms with Crippen LogP contribution < -0.4 is 21.3 Å². The Balaban J connectivity index is 2.65. The van der Waals surface area contributed by atoms with Crippen LogP contribution in [-0.2, 0) is 9.59 Å². The van der Waals surface area contributed by atoms with Gasteiger partial charge >= 0.3 is 6.03 Å². The summed E-state index contributed by atoms with van der Waals surface area (Å²) in [4.78, 5) is 35.0. The van der Waals surface area contributed by atoms with Gasteiger partial charge in [-0.2, -0.15) is 0 Å². The topological polar surface area (TPSA) is 99.3 Å². The fourth-order valence-electron chi connectivity index (χ4n) is 1.95. The maximum atomic E-state index is 12.3. The number of anilines is 2. The van der Waals surface area contributed by atoms with Gasteiger partial charge in [0.05, 0.1) is 0 Å². The number of carbonyl (C=O) groups is 3. The van der Waals surface area contributed by atoms with E-state index in [0.717, 1.165) is 0 Å². The van der Waals surface area contributed by atoms with Crippen LogP contribution in [0.4, 0.5) is 16.2 Å². The number of benzene rings is 1. The van der Waals surface area contributed by atoms with Crippen molar-refractivity contribution in [3.8, 4) is 0 Å². The quantitative estimate of drug-likeness (QED) is 0.575. The van der Waals surface area contributed by atoms with E-state index < -0.39 is 6.04 Å². The van der Waals surface area contributed by atoms with Crippen molar-refractivity contribution in [1.82, 2.24) is 10.6 Å². The maximum Gasteiger partial charge on any atom is 0.319 e. The van der Waals surface area contributed by atoms with Crippen LogP contribution >= 0.6 is 0 Å². The predicted octanol–water partition coefficient (Wildman–Crippen LogP) is 2.09. The minimum absolute atomic E-state index is 0.0385. The Labute approximate surface area is 141 Å². The average Bonchev–Trinajstić information content (AvgIpc) is 2.52. The first-order valence-electron chi connectivity index (χ1n) is 7.67. The molecule has 0 bridgehead atoms. The van der Waals surface area contributed by atoms with Crippen molar-refractivity contribution in [3.05, 3.63) is 36.9 Å². The lowest BCUT2D eigenvalue weighted by Gasteiger charge is -2.21. The highest BCUT2D eigenvalue weighted by molar-refractivity contribution is 5.97. The standard InChI is InChI=1S/C17H24N4O3/c1-5-10-18-17(24)21-14-8-6-13(7-9-14)20-16(23)15(11(2)3)19-12(4)22/h5-9,11,15H,1,10H2,2-4H3,(H,19,22)(H,20,23)(H2,18,21,24). The van der Waals surface area contributed by atoms with Gasteiger partial charge in [0.2, 0.25) is 11.8 Å². The Bertz CT molecular complexity index is 596. The summed E-state index contributed by atoms with van der Waals surface area (Å²) in [7, 11) is 0. The lowest BCUT2D eigenvalue weighted by Crippen LogP contribution is -2.46. The molecular formula is C17H24N4O3. The number of hydrogen-bond donors (Lipinski definition) is 4. The van der Waals surface area contributed by atoms with Crippen LogP contribution in [0.1, 0.15) is 20.8 Å². The van der Waals surface area contributed by atoms with Gasteiger partial charge in [0, 0.05) is 24.8 Å². The third-order valence-corrected chi connectivity index (χ3v) is 3.13. The van der Waals surface area contributed by atoms with Crippen LogP contribution in [0, 0.1) is 5.92 Å². The van der Waals surface area contributed by atoms with E-state index in [2.05, 4.69) is 27.8 Å². The van der Waals surface area contributed by atoms with Crippen LogP contribution in [0.5, 0.6) is 0 Å². The number of rotatable bonds is 7. The Morgan fingerprint density at radius 3 is 2.08 bits per heavy atom. The highest BCUT2D eigenvalue weighted by Gasteiger charge is 2.22. The van der Waals surface area contributed by atoms with Gasteiger partial charge in [-0.3, -0.25) is 9.59 Å². The molecule has 7 nitrogen and oxygen atoms in total. The Morgan fingerprint density at radius 1 is 1.08 bits per heavy atom. The molecular weight excluding hydrogens is 308 g/mol. The third kappa shape index (κ3) is 6.51. The highest BCUT2D eigenvalue weighted by Crippen LogP contribution is 2.14. The molecule has 130 valence electrons. The summed E-state index contributed by atoms with van der Waals surface area (Å²) in [5, 5.41) is 10.6. The number of nitrogens with one attached hydrogen (secondary N) is 4. The summed E-state index contributed by atoms with van der Waals surface area (Å²) in [5.41, 5.74) is 1.17. The largest absolute Gasteiger partial charge is 0.344 e. The van der Waals surface area contributed by atoms with Crippen LogP contribution in [0.15, 0.2) is 36.9 Å². The molecule has 24 heavy (non-hydrogen) atoms. The SMILES string of the molecule is C=CCNC(=O)Nc1ccc(NC(=O)C(NC(C)=O)C(C)C)cc1. The van der Waals surface area contributed by atoms with E-state index in [1.165, 1.54) is 6.92 Å². The van der Waals surface area contributed by atoms with Gasteiger partial charge in [0.25, 0.3) is 0 Å². The molecule has 0 saturated heterocycles. The van der Waals surface area contributed by atoms with E-state index in [0.29, 0.717) is 17.9 Å². The molecule has 4 amide bonds. The molecule has 0 fully saturated rings. The summed E-state index contributed by atoms with van der Waals surface area (Å²) < 4.78 is 0. The molecule has 0 aromatic heterocycles. The van der Waals surface area contributed by atoms with Crippen LogP contribution in [-0.4, -0.2) is 30.4 Å². The van der Waals surface area contributed by atoms with Gasteiger partial charge < -0.3 is 21.3 Å². The lowest BCUT2D eigenvalue weighted by molar-refractivity contribution is -0.126. The van der Waals surface area contributed by atoms with E-state index in [9.17, 15) is 14.4 Å². The lowest BCUT2D eigenvalue weighted by atomic mass is 10.0. The molecule has 0 aliphatic rings. The summed E-state index contributed by atoms with van der Waals surface area (Å²) in [6, 6.07) is 5.75. The molecule has 1 aromatic rings. The van der Waals surface area contributed by atoms with E-state index in [1.54, 1.807) is 30.3 Å². The van der Waals surface area contributed by atoms with Crippen molar-refractivity contribution in [3.63, 3.8) is 0 Å². The van der Waals surface area contributed by atoms with Crippen LogP contribution in [0.25, 0.3) is 0 Å². The average molecular weight is 332 g/mol. The van der Waals surface area contributed by atoms with E-state index in [1.807, 2.05) is 13.8 Å². The van der Waals surface area contributed by atoms with Crippen molar-refractivity contribution in [2.24, 2.45) is 5.92 Å². The van der Waals surface area contributed by atoms with Crippen molar-refractivity contribution >= 4 is 29.2 Å². The van der Waals surface area contributed by atoms with Gasteiger partial charge in [-0.1, -0.05) is 19.9 Å². The van der Waals surface area contributed by atoms with E-state index >= 15 is 0 Å². The smallest absolute Gasteiger partial charge is 0.319 e. The summed E-state index contributed by atoms with van der Waals surface area (Å²) in [6.07, 6.45) is 1.58. The second kappa shape index (κ2) is 9.34. The van der Waals surface area contributed by atoms with Crippen LogP contribution in [0.3, 0.4) is 0 Å². The van der Waals surface area contributed by atoms with Crippen molar-refractivity contribution in [2.75, 3.05) is 17.2 Å². The van der Waals surface area contributed by atoms with Crippen LogP contribution in [0.2, 0.25) is 0 Å². The number of carbonyl (C=O) groups excluding carboxylic acids is 3. The van der Waals surface area contributed by atoms with Gasteiger partial charge in [0.1, 0.15) is 6.04 Å². The van der Waals surface area contributed by atoms with E-state index in [-0.39, 0.29) is 23.8 Å². The predicted molar refractivity (Wildman–Crippen MR) is 94.7 cm³/mol. The Hall–Kier alpha value is -2.83. The van der Waals surface area contributed by atoms with Gasteiger partial charge in [0.15, 0.2) is 0 Å². The Morgan fingerprint density at radius 2 is 1.62 bits per heavy atom. The number of amides is 4. The summed E-state index contributed by atoms with van der Waals surface area (Å²) in [5.74, 6) is -0.582. The highest BCUT2D eigenvalue weighted by atomic mass is 16.2. The second-order valence-electron chi connectivity index (χ2n) is 5.61.